The van der Waals surface area contributed by atoms with Crippen molar-refractivity contribution in [2.24, 2.45) is 5.41 Å². The summed E-state index contributed by atoms with van der Waals surface area (Å²) in [4.78, 5) is 0. The second kappa shape index (κ2) is 3.56. The summed E-state index contributed by atoms with van der Waals surface area (Å²) in [7, 11) is 0. The van der Waals surface area contributed by atoms with Crippen LogP contribution in [0.1, 0.15) is 25.3 Å². The minimum Gasteiger partial charge on any atom is -0.316 e. The first-order valence-corrected chi connectivity index (χ1v) is 5.44. The Labute approximate surface area is 90.5 Å². The molecule has 14 heavy (non-hydrogen) atoms. The first-order chi connectivity index (χ1) is 6.61. The van der Waals surface area contributed by atoms with Crippen molar-refractivity contribution in [2.75, 3.05) is 13.1 Å². The van der Waals surface area contributed by atoms with Crippen LogP contribution in [0.2, 0.25) is 5.02 Å². The second-order valence-electron chi connectivity index (χ2n) is 4.69. The van der Waals surface area contributed by atoms with Crippen LogP contribution in [0.3, 0.4) is 0 Å². The molecule has 0 bridgehead atoms. The lowest BCUT2D eigenvalue weighted by atomic mass is 9.78. The Balaban J connectivity index is 2.36. The summed E-state index contributed by atoms with van der Waals surface area (Å²) in [5.41, 5.74) is 1.59. The van der Waals surface area contributed by atoms with E-state index in [2.05, 4.69) is 31.3 Å². The number of halogens is 1. The average molecular weight is 210 g/mol. The Bertz CT molecular complexity index is 333. The molecule has 2 rings (SSSR count). The van der Waals surface area contributed by atoms with E-state index in [1.54, 1.807) is 0 Å². The van der Waals surface area contributed by atoms with Gasteiger partial charge in [-0.1, -0.05) is 43.6 Å². The molecule has 1 N–H and O–H groups in total. The van der Waals surface area contributed by atoms with Crippen LogP contribution >= 0.6 is 11.6 Å². The molecule has 0 saturated carbocycles. The molecule has 1 atom stereocenters. The zero-order valence-corrected chi connectivity index (χ0v) is 9.43. The largest absolute Gasteiger partial charge is 0.316 e. The Hall–Kier alpha value is -0.530. The predicted molar refractivity (Wildman–Crippen MR) is 60.8 cm³/mol. The van der Waals surface area contributed by atoms with Crippen molar-refractivity contribution < 1.29 is 0 Å². The van der Waals surface area contributed by atoms with E-state index >= 15 is 0 Å². The molecule has 1 aliphatic rings. The number of hydrogen-bond acceptors (Lipinski definition) is 1. The van der Waals surface area contributed by atoms with Crippen molar-refractivity contribution in [1.29, 1.82) is 0 Å². The fourth-order valence-electron chi connectivity index (χ4n) is 2.23. The van der Waals surface area contributed by atoms with E-state index in [9.17, 15) is 0 Å². The summed E-state index contributed by atoms with van der Waals surface area (Å²) >= 11 is 6.20. The van der Waals surface area contributed by atoms with Crippen LogP contribution in [-0.2, 0) is 0 Å². The van der Waals surface area contributed by atoms with Gasteiger partial charge in [0, 0.05) is 24.0 Å². The van der Waals surface area contributed by atoms with Crippen LogP contribution in [0.15, 0.2) is 24.3 Å². The van der Waals surface area contributed by atoms with E-state index in [4.69, 9.17) is 11.6 Å². The maximum Gasteiger partial charge on any atom is 0.0441 e. The fourth-order valence-corrected chi connectivity index (χ4v) is 2.49. The van der Waals surface area contributed by atoms with Gasteiger partial charge in [-0.3, -0.25) is 0 Å². The number of hydrogen-bond donors (Lipinski definition) is 1. The molecule has 1 nitrogen and oxygen atoms in total. The molecule has 0 spiro atoms. The van der Waals surface area contributed by atoms with Crippen LogP contribution < -0.4 is 5.32 Å². The van der Waals surface area contributed by atoms with E-state index in [-0.39, 0.29) is 0 Å². The molecule has 1 aromatic rings. The van der Waals surface area contributed by atoms with Crippen molar-refractivity contribution in [1.82, 2.24) is 5.32 Å². The first-order valence-electron chi connectivity index (χ1n) is 5.06. The molecule has 0 aromatic heterocycles. The Kier molecular flexibility index (Phi) is 2.54. The van der Waals surface area contributed by atoms with Gasteiger partial charge in [-0.2, -0.15) is 0 Å². The summed E-state index contributed by atoms with van der Waals surface area (Å²) in [5, 5.41) is 4.33. The van der Waals surface area contributed by atoms with E-state index < -0.39 is 0 Å². The second-order valence-corrected chi connectivity index (χ2v) is 5.10. The van der Waals surface area contributed by atoms with E-state index in [0.29, 0.717) is 11.3 Å². The first kappa shape index (κ1) is 10.0. The van der Waals surface area contributed by atoms with Crippen LogP contribution in [-0.4, -0.2) is 13.1 Å². The lowest BCUT2D eigenvalue weighted by Crippen LogP contribution is -2.20. The molecule has 76 valence electrons. The normalized spacial score (nSPS) is 25.2. The molecule has 1 heterocycles. The third-order valence-corrected chi connectivity index (χ3v) is 3.50. The van der Waals surface area contributed by atoms with Crippen molar-refractivity contribution in [3.63, 3.8) is 0 Å². The van der Waals surface area contributed by atoms with Crippen molar-refractivity contribution in [3.8, 4) is 0 Å². The monoisotopic (exact) mass is 209 g/mol. The van der Waals surface area contributed by atoms with E-state index in [1.807, 2.05) is 12.1 Å². The molecule has 0 aliphatic carbocycles. The third-order valence-electron chi connectivity index (χ3n) is 3.15. The van der Waals surface area contributed by atoms with Crippen LogP contribution in [0.4, 0.5) is 0 Å². The molecule has 0 unspecified atom stereocenters. The molecule has 2 heteroatoms. The van der Waals surface area contributed by atoms with E-state index in [0.717, 1.165) is 18.1 Å². The van der Waals surface area contributed by atoms with Crippen LogP contribution in [0.25, 0.3) is 0 Å². The summed E-state index contributed by atoms with van der Waals surface area (Å²) < 4.78 is 0. The molecule has 1 aliphatic heterocycles. The summed E-state index contributed by atoms with van der Waals surface area (Å²) in [6, 6.07) is 8.17. The van der Waals surface area contributed by atoms with E-state index in [1.165, 1.54) is 5.56 Å². The standard InChI is InChI=1S/C12H16ClN/c1-12(2)8-14-7-10(12)9-5-3-4-6-11(9)13/h3-6,10,14H,7-8H2,1-2H3/t10-/m0/s1. The quantitative estimate of drug-likeness (QED) is 0.750. The Morgan fingerprint density at radius 1 is 1.36 bits per heavy atom. The highest BCUT2D eigenvalue weighted by Gasteiger charge is 2.36. The van der Waals surface area contributed by atoms with Gasteiger partial charge >= 0.3 is 0 Å². The SMILES string of the molecule is CC1(C)CNC[C@H]1c1ccccc1Cl. The fraction of sp³-hybridized carbons (Fsp3) is 0.500. The molecular weight excluding hydrogens is 194 g/mol. The van der Waals surface area contributed by atoms with Gasteiger partial charge in [0.25, 0.3) is 0 Å². The Morgan fingerprint density at radius 2 is 2.07 bits per heavy atom. The number of nitrogens with one attached hydrogen (secondary N) is 1. The lowest BCUT2D eigenvalue weighted by Gasteiger charge is -2.26. The molecule has 0 amide bonds. The maximum absolute atomic E-state index is 6.20. The molecule has 1 saturated heterocycles. The third kappa shape index (κ3) is 1.67. The molecule has 1 fully saturated rings. The zero-order chi connectivity index (χ0) is 10.2. The van der Waals surface area contributed by atoms with Gasteiger partial charge in [0.2, 0.25) is 0 Å². The van der Waals surface area contributed by atoms with Crippen molar-refractivity contribution >= 4 is 11.6 Å². The topological polar surface area (TPSA) is 12.0 Å². The molecule has 1 aromatic carbocycles. The van der Waals surface area contributed by atoms with Gasteiger partial charge in [0.05, 0.1) is 0 Å². The minimum absolute atomic E-state index is 0.311. The lowest BCUT2D eigenvalue weighted by molar-refractivity contribution is 0.363. The van der Waals surface area contributed by atoms with Crippen LogP contribution in [0.5, 0.6) is 0 Å². The van der Waals surface area contributed by atoms with Gasteiger partial charge in [0.1, 0.15) is 0 Å². The summed E-state index contributed by atoms with van der Waals surface area (Å²) in [5.74, 6) is 0.538. The van der Waals surface area contributed by atoms with Crippen LogP contribution in [0, 0.1) is 5.41 Å². The number of benzene rings is 1. The van der Waals surface area contributed by atoms with Gasteiger partial charge < -0.3 is 5.32 Å². The highest BCUT2D eigenvalue weighted by atomic mass is 35.5. The van der Waals surface area contributed by atoms with Gasteiger partial charge in [-0.15, -0.1) is 0 Å². The minimum atomic E-state index is 0.311. The zero-order valence-electron chi connectivity index (χ0n) is 8.68. The number of rotatable bonds is 1. The van der Waals surface area contributed by atoms with Gasteiger partial charge in [0.15, 0.2) is 0 Å². The highest BCUT2D eigenvalue weighted by Crippen LogP contribution is 2.40. The summed E-state index contributed by atoms with van der Waals surface area (Å²) in [6.45, 7) is 6.70. The maximum atomic E-state index is 6.20. The summed E-state index contributed by atoms with van der Waals surface area (Å²) in [6.07, 6.45) is 0. The van der Waals surface area contributed by atoms with Gasteiger partial charge in [-0.05, 0) is 17.0 Å². The molecule has 0 radical (unpaired) electrons. The van der Waals surface area contributed by atoms with Crippen molar-refractivity contribution in [3.05, 3.63) is 34.9 Å². The van der Waals surface area contributed by atoms with Gasteiger partial charge in [-0.25, -0.2) is 0 Å². The smallest absolute Gasteiger partial charge is 0.0441 e. The Morgan fingerprint density at radius 3 is 2.64 bits per heavy atom. The average Bonchev–Trinajstić information content (AvgIpc) is 2.46. The highest BCUT2D eigenvalue weighted by molar-refractivity contribution is 6.31. The molecular formula is C12H16ClN. The predicted octanol–water partition coefficient (Wildman–Crippen LogP) is 3.05. The van der Waals surface area contributed by atoms with Crippen molar-refractivity contribution in [2.45, 2.75) is 19.8 Å².